The topological polar surface area (TPSA) is 44.5 Å². The zero-order valence-corrected chi connectivity index (χ0v) is 10.6. The van der Waals surface area contributed by atoms with Gasteiger partial charge in [0.25, 0.3) is 0 Å². The predicted molar refractivity (Wildman–Crippen MR) is 64.2 cm³/mol. The third-order valence-electron chi connectivity index (χ3n) is 2.13. The van der Waals surface area contributed by atoms with Gasteiger partial charge >= 0.3 is 0 Å². The van der Waals surface area contributed by atoms with Crippen LogP contribution in [0.15, 0.2) is 16.6 Å². The van der Waals surface area contributed by atoms with E-state index in [4.69, 9.17) is 15.2 Å². The van der Waals surface area contributed by atoms with Gasteiger partial charge in [-0.2, -0.15) is 0 Å². The average molecular weight is 274 g/mol. The first-order chi connectivity index (χ1) is 7.22. The van der Waals surface area contributed by atoms with Crippen LogP contribution in [0.1, 0.15) is 11.1 Å². The Balaban J connectivity index is 3.12. The lowest BCUT2D eigenvalue weighted by molar-refractivity contribution is 0.181. The van der Waals surface area contributed by atoms with Crippen LogP contribution < -0.4 is 10.5 Å². The second kappa shape index (κ2) is 6.10. The smallest absolute Gasteiger partial charge is 0.127 e. The van der Waals surface area contributed by atoms with Crippen LogP contribution in [0.3, 0.4) is 0 Å². The maximum Gasteiger partial charge on any atom is 0.127 e. The molecule has 0 atom stereocenters. The van der Waals surface area contributed by atoms with E-state index in [1.165, 1.54) is 0 Å². The molecule has 84 valence electrons. The SMILES string of the molecule is COCc1cc(Br)cc(CCN)c1OC. The highest BCUT2D eigenvalue weighted by molar-refractivity contribution is 9.10. The van der Waals surface area contributed by atoms with Crippen LogP contribution in [-0.4, -0.2) is 20.8 Å². The molecule has 0 aliphatic rings. The molecule has 0 aliphatic heterocycles. The van der Waals surface area contributed by atoms with Crippen LogP contribution in [0, 0.1) is 0 Å². The van der Waals surface area contributed by atoms with Gasteiger partial charge in [-0.15, -0.1) is 0 Å². The van der Waals surface area contributed by atoms with E-state index in [9.17, 15) is 0 Å². The van der Waals surface area contributed by atoms with E-state index in [1.54, 1.807) is 14.2 Å². The molecular weight excluding hydrogens is 258 g/mol. The highest BCUT2D eigenvalue weighted by Gasteiger charge is 2.10. The lowest BCUT2D eigenvalue weighted by Crippen LogP contribution is -2.06. The van der Waals surface area contributed by atoms with E-state index in [1.807, 2.05) is 12.1 Å². The van der Waals surface area contributed by atoms with Gasteiger partial charge in [-0.1, -0.05) is 15.9 Å². The molecule has 0 saturated heterocycles. The van der Waals surface area contributed by atoms with Crippen LogP contribution in [0.4, 0.5) is 0 Å². The minimum absolute atomic E-state index is 0.542. The van der Waals surface area contributed by atoms with Gasteiger partial charge in [0, 0.05) is 17.1 Å². The lowest BCUT2D eigenvalue weighted by atomic mass is 10.1. The van der Waals surface area contributed by atoms with Gasteiger partial charge < -0.3 is 15.2 Å². The minimum Gasteiger partial charge on any atom is -0.496 e. The maximum atomic E-state index is 5.56. The number of halogens is 1. The molecule has 2 N–H and O–H groups in total. The van der Waals surface area contributed by atoms with Gasteiger partial charge in [0.2, 0.25) is 0 Å². The second-order valence-corrected chi connectivity index (χ2v) is 4.14. The van der Waals surface area contributed by atoms with Crippen molar-refractivity contribution in [2.75, 3.05) is 20.8 Å². The molecule has 1 aromatic carbocycles. The summed E-state index contributed by atoms with van der Waals surface area (Å²) in [4.78, 5) is 0. The molecule has 0 unspecified atom stereocenters. The van der Waals surface area contributed by atoms with E-state index in [0.717, 1.165) is 27.8 Å². The molecule has 15 heavy (non-hydrogen) atoms. The van der Waals surface area contributed by atoms with Gasteiger partial charge in [0.15, 0.2) is 0 Å². The third-order valence-corrected chi connectivity index (χ3v) is 2.58. The Kier molecular flexibility index (Phi) is 5.08. The van der Waals surface area contributed by atoms with Crippen molar-refractivity contribution >= 4 is 15.9 Å². The molecule has 1 rings (SSSR count). The Hall–Kier alpha value is -0.580. The summed E-state index contributed by atoms with van der Waals surface area (Å²) in [7, 11) is 3.34. The average Bonchev–Trinajstić information content (AvgIpc) is 2.18. The van der Waals surface area contributed by atoms with E-state index >= 15 is 0 Å². The van der Waals surface area contributed by atoms with Gasteiger partial charge in [-0.3, -0.25) is 0 Å². The predicted octanol–water partition coefficient (Wildman–Crippen LogP) is 2.11. The van der Waals surface area contributed by atoms with Crippen molar-refractivity contribution in [3.05, 3.63) is 27.7 Å². The molecule has 0 aromatic heterocycles. The summed E-state index contributed by atoms with van der Waals surface area (Å²) in [6.45, 7) is 1.15. The zero-order chi connectivity index (χ0) is 11.3. The first-order valence-corrected chi connectivity index (χ1v) is 5.56. The van der Waals surface area contributed by atoms with Crippen molar-refractivity contribution in [2.24, 2.45) is 5.73 Å². The van der Waals surface area contributed by atoms with Crippen molar-refractivity contribution < 1.29 is 9.47 Å². The van der Waals surface area contributed by atoms with Gasteiger partial charge in [-0.25, -0.2) is 0 Å². The lowest BCUT2D eigenvalue weighted by Gasteiger charge is -2.13. The number of nitrogens with two attached hydrogens (primary N) is 1. The standard InChI is InChI=1S/C11H16BrNO2/c1-14-7-9-6-10(12)5-8(3-4-13)11(9)15-2/h5-6H,3-4,7,13H2,1-2H3. The number of methoxy groups -OCH3 is 2. The van der Waals surface area contributed by atoms with Crippen molar-refractivity contribution in [3.8, 4) is 5.75 Å². The van der Waals surface area contributed by atoms with Crippen LogP contribution in [0.2, 0.25) is 0 Å². The quantitative estimate of drug-likeness (QED) is 0.894. The molecule has 1 aromatic rings. The largest absolute Gasteiger partial charge is 0.496 e. The first-order valence-electron chi connectivity index (χ1n) is 4.77. The maximum absolute atomic E-state index is 5.56. The van der Waals surface area contributed by atoms with E-state index in [-0.39, 0.29) is 0 Å². The molecule has 0 bridgehead atoms. The Labute approximate surface area is 98.7 Å². The molecule has 4 heteroatoms. The number of hydrogen-bond acceptors (Lipinski definition) is 3. The third kappa shape index (κ3) is 3.19. The van der Waals surface area contributed by atoms with Crippen molar-refractivity contribution in [2.45, 2.75) is 13.0 Å². The van der Waals surface area contributed by atoms with E-state index in [2.05, 4.69) is 15.9 Å². The fraction of sp³-hybridized carbons (Fsp3) is 0.455. The Morgan fingerprint density at radius 3 is 2.47 bits per heavy atom. The summed E-state index contributed by atoms with van der Waals surface area (Å²) in [5, 5.41) is 0. The van der Waals surface area contributed by atoms with Gasteiger partial charge in [-0.05, 0) is 30.7 Å². The molecule has 0 saturated carbocycles. The zero-order valence-electron chi connectivity index (χ0n) is 9.05. The Bertz CT molecular complexity index is 301. The second-order valence-electron chi connectivity index (χ2n) is 3.23. The number of rotatable bonds is 5. The normalized spacial score (nSPS) is 10.4. The summed E-state index contributed by atoms with van der Waals surface area (Å²) in [6, 6.07) is 4.03. The molecule has 3 nitrogen and oxygen atoms in total. The molecule has 0 heterocycles. The van der Waals surface area contributed by atoms with Gasteiger partial charge in [0.05, 0.1) is 13.7 Å². The molecule has 0 aliphatic carbocycles. The van der Waals surface area contributed by atoms with E-state index < -0.39 is 0 Å². The molecule has 0 amide bonds. The summed E-state index contributed by atoms with van der Waals surface area (Å²) in [6.07, 6.45) is 0.805. The Morgan fingerprint density at radius 1 is 1.27 bits per heavy atom. The number of benzene rings is 1. The monoisotopic (exact) mass is 273 g/mol. The molecular formula is C11H16BrNO2. The summed E-state index contributed by atoms with van der Waals surface area (Å²) < 4.78 is 11.5. The Morgan fingerprint density at radius 2 is 1.93 bits per heavy atom. The fourth-order valence-corrected chi connectivity index (χ4v) is 2.13. The molecule has 0 spiro atoms. The van der Waals surface area contributed by atoms with Crippen LogP contribution in [-0.2, 0) is 17.8 Å². The first kappa shape index (κ1) is 12.5. The van der Waals surface area contributed by atoms with Crippen LogP contribution in [0.25, 0.3) is 0 Å². The van der Waals surface area contributed by atoms with Crippen LogP contribution in [0.5, 0.6) is 5.75 Å². The van der Waals surface area contributed by atoms with Crippen LogP contribution >= 0.6 is 15.9 Å². The van der Waals surface area contributed by atoms with Crippen molar-refractivity contribution in [1.29, 1.82) is 0 Å². The summed E-state index contributed by atoms with van der Waals surface area (Å²) >= 11 is 3.46. The van der Waals surface area contributed by atoms with Crippen molar-refractivity contribution in [1.82, 2.24) is 0 Å². The summed E-state index contributed by atoms with van der Waals surface area (Å²) in [5.74, 6) is 0.880. The highest BCUT2D eigenvalue weighted by atomic mass is 79.9. The van der Waals surface area contributed by atoms with Crippen molar-refractivity contribution in [3.63, 3.8) is 0 Å². The number of ether oxygens (including phenoxy) is 2. The number of hydrogen-bond donors (Lipinski definition) is 1. The molecule has 0 radical (unpaired) electrons. The highest BCUT2D eigenvalue weighted by Crippen LogP contribution is 2.29. The van der Waals surface area contributed by atoms with E-state index in [0.29, 0.717) is 13.2 Å². The van der Waals surface area contributed by atoms with Gasteiger partial charge in [0.1, 0.15) is 5.75 Å². The fourth-order valence-electron chi connectivity index (χ4n) is 1.58. The summed E-state index contributed by atoms with van der Waals surface area (Å²) in [5.41, 5.74) is 7.71. The molecule has 0 fully saturated rings. The minimum atomic E-state index is 0.542.